The van der Waals surface area contributed by atoms with Crippen molar-refractivity contribution in [1.29, 1.82) is 0 Å². The molecule has 0 N–H and O–H groups in total. The number of rotatable bonds is 23. The molecule has 1 aliphatic rings. The fourth-order valence-electron chi connectivity index (χ4n) is 5.17. The van der Waals surface area contributed by atoms with Gasteiger partial charge < -0.3 is 28.4 Å². The van der Waals surface area contributed by atoms with Gasteiger partial charge in [0.05, 0.1) is 0 Å². The first-order valence-electron chi connectivity index (χ1n) is 16.1. The molecule has 0 saturated carbocycles. The average molecular weight is 601 g/mol. The predicted octanol–water partition coefficient (Wildman–Crippen LogP) is 6.35. The third-order valence-electron chi connectivity index (χ3n) is 7.23. The number of hydrogen-bond acceptors (Lipinski definition) is 10. The van der Waals surface area contributed by atoms with Gasteiger partial charge in [0.1, 0.15) is 12.7 Å². The second-order valence-electron chi connectivity index (χ2n) is 11.2. The molecule has 0 bridgehead atoms. The van der Waals surface area contributed by atoms with Crippen LogP contribution in [0.15, 0.2) is 0 Å². The third-order valence-corrected chi connectivity index (χ3v) is 7.23. The van der Waals surface area contributed by atoms with Gasteiger partial charge in [-0.15, -0.1) is 0 Å². The van der Waals surface area contributed by atoms with Crippen molar-refractivity contribution < 1.29 is 47.6 Å². The van der Waals surface area contributed by atoms with E-state index in [0.29, 0.717) is 6.61 Å². The molecule has 10 heteroatoms. The molecule has 42 heavy (non-hydrogen) atoms. The normalized spacial score (nSPS) is 21.9. The van der Waals surface area contributed by atoms with Gasteiger partial charge in [0.15, 0.2) is 24.6 Å². The van der Waals surface area contributed by atoms with E-state index in [2.05, 4.69) is 6.92 Å². The monoisotopic (exact) mass is 600 g/mol. The van der Waals surface area contributed by atoms with Crippen molar-refractivity contribution in [3.05, 3.63) is 0 Å². The summed E-state index contributed by atoms with van der Waals surface area (Å²) in [7, 11) is 0. The predicted molar refractivity (Wildman–Crippen MR) is 157 cm³/mol. The SMILES string of the molecule is CCCCCCCCCCCCCCCCCCOC1O[C@H](COC(C)=O)[C@@H](OC(C)=O)[C@H](OC(C)=O)[C@H]1OC(C)=O. The zero-order chi connectivity index (χ0) is 31.2. The Morgan fingerprint density at radius 3 is 1.36 bits per heavy atom. The second kappa shape index (κ2) is 23.3. The Balaban J connectivity index is 2.46. The van der Waals surface area contributed by atoms with Crippen LogP contribution in [0.25, 0.3) is 0 Å². The molecular weight excluding hydrogens is 544 g/mol. The molecule has 1 aliphatic heterocycles. The molecule has 0 amide bonds. The van der Waals surface area contributed by atoms with Crippen LogP contribution < -0.4 is 0 Å². The summed E-state index contributed by atoms with van der Waals surface area (Å²) in [6.07, 6.45) is 14.4. The van der Waals surface area contributed by atoms with E-state index in [1.807, 2.05) is 0 Å². The standard InChI is InChI=1S/C32H56O10/c1-6-7-8-9-10-11-12-13-14-15-16-17-18-19-20-21-22-37-32-31(41-27(5)36)30(40-26(4)35)29(39-25(3)34)28(42-32)23-38-24(2)33/h28-32H,6-23H2,1-5H3/t28-,29-,30+,31-,32?/m1/s1. The van der Waals surface area contributed by atoms with Gasteiger partial charge in [-0.3, -0.25) is 19.2 Å². The Morgan fingerprint density at radius 2 is 0.929 bits per heavy atom. The molecule has 0 aromatic heterocycles. The Labute approximate surface area is 252 Å². The fraction of sp³-hybridized carbons (Fsp3) is 0.875. The highest BCUT2D eigenvalue weighted by Gasteiger charge is 2.52. The zero-order valence-electron chi connectivity index (χ0n) is 26.7. The molecule has 10 nitrogen and oxygen atoms in total. The molecular formula is C32H56O10. The molecule has 5 atom stereocenters. The van der Waals surface area contributed by atoms with Gasteiger partial charge >= 0.3 is 23.9 Å². The molecule has 0 aromatic carbocycles. The van der Waals surface area contributed by atoms with Crippen LogP contribution >= 0.6 is 0 Å². The van der Waals surface area contributed by atoms with Crippen molar-refractivity contribution in [2.24, 2.45) is 0 Å². The van der Waals surface area contributed by atoms with E-state index >= 15 is 0 Å². The number of ether oxygens (including phenoxy) is 6. The van der Waals surface area contributed by atoms with Gasteiger partial charge in [0.2, 0.25) is 0 Å². The number of carbonyl (C=O) groups is 4. The lowest BCUT2D eigenvalue weighted by molar-refractivity contribution is -0.308. The quantitative estimate of drug-likeness (QED) is 0.0744. The van der Waals surface area contributed by atoms with Crippen LogP contribution in [0.4, 0.5) is 0 Å². The maximum Gasteiger partial charge on any atom is 0.303 e. The number of esters is 4. The topological polar surface area (TPSA) is 124 Å². The smallest absolute Gasteiger partial charge is 0.303 e. The van der Waals surface area contributed by atoms with Crippen LogP contribution in [0.5, 0.6) is 0 Å². The first-order chi connectivity index (χ1) is 20.1. The molecule has 1 saturated heterocycles. The first kappa shape index (κ1) is 37.8. The minimum Gasteiger partial charge on any atom is -0.463 e. The van der Waals surface area contributed by atoms with Gasteiger partial charge in [-0.25, -0.2) is 0 Å². The molecule has 1 heterocycles. The molecule has 244 valence electrons. The van der Waals surface area contributed by atoms with E-state index in [9.17, 15) is 19.2 Å². The summed E-state index contributed by atoms with van der Waals surface area (Å²) in [5.74, 6) is -2.53. The van der Waals surface area contributed by atoms with E-state index in [1.54, 1.807) is 0 Å². The summed E-state index contributed by atoms with van der Waals surface area (Å²) in [5, 5.41) is 0. The van der Waals surface area contributed by atoms with Gasteiger partial charge in [-0.1, -0.05) is 103 Å². The summed E-state index contributed by atoms with van der Waals surface area (Å²) in [4.78, 5) is 47.1. The summed E-state index contributed by atoms with van der Waals surface area (Å²) >= 11 is 0. The molecule has 1 rings (SSSR count). The van der Waals surface area contributed by atoms with Crippen LogP contribution in [0.3, 0.4) is 0 Å². The van der Waals surface area contributed by atoms with Crippen LogP contribution in [0, 0.1) is 0 Å². The largest absolute Gasteiger partial charge is 0.463 e. The summed E-state index contributed by atoms with van der Waals surface area (Å²) in [5.41, 5.74) is 0. The van der Waals surface area contributed by atoms with Gasteiger partial charge in [0, 0.05) is 34.3 Å². The minimum atomic E-state index is -1.21. The van der Waals surface area contributed by atoms with Crippen LogP contribution in [0.1, 0.15) is 137 Å². The fourth-order valence-corrected chi connectivity index (χ4v) is 5.17. The lowest BCUT2D eigenvalue weighted by Gasteiger charge is -2.44. The van der Waals surface area contributed by atoms with Crippen LogP contribution in [-0.4, -0.2) is 67.8 Å². The van der Waals surface area contributed by atoms with Crippen LogP contribution in [-0.2, 0) is 47.6 Å². The van der Waals surface area contributed by atoms with Crippen molar-refractivity contribution in [1.82, 2.24) is 0 Å². The van der Waals surface area contributed by atoms with Crippen molar-refractivity contribution in [2.45, 2.75) is 168 Å². The second-order valence-corrected chi connectivity index (χ2v) is 11.2. The van der Waals surface area contributed by atoms with E-state index in [1.165, 1.54) is 111 Å². The molecule has 0 aliphatic carbocycles. The van der Waals surface area contributed by atoms with Crippen molar-refractivity contribution in [2.75, 3.05) is 13.2 Å². The van der Waals surface area contributed by atoms with Gasteiger partial charge in [0.25, 0.3) is 0 Å². The van der Waals surface area contributed by atoms with Crippen molar-refractivity contribution in [3.8, 4) is 0 Å². The minimum absolute atomic E-state index is 0.267. The Kier molecular flexibility index (Phi) is 21.0. The average Bonchev–Trinajstić information content (AvgIpc) is 2.91. The highest BCUT2D eigenvalue weighted by atomic mass is 16.7. The third kappa shape index (κ3) is 17.7. The van der Waals surface area contributed by atoms with Crippen molar-refractivity contribution >= 4 is 23.9 Å². The summed E-state index contributed by atoms with van der Waals surface area (Å²) < 4.78 is 33.2. The Hall–Kier alpha value is -2.20. The Bertz CT molecular complexity index is 770. The van der Waals surface area contributed by atoms with Crippen molar-refractivity contribution in [3.63, 3.8) is 0 Å². The number of carbonyl (C=O) groups excluding carboxylic acids is 4. The summed E-state index contributed by atoms with van der Waals surface area (Å²) in [6.45, 7) is 7.14. The lowest BCUT2D eigenvalue weighted by Crippen LogP contribution is -2.63. The van der Waals surface area contributed by atoms with E-state index in [-0.39, 0.29) is 6.61 Å². The number of unbranched alkanes of at least 4 members (excludes halogenated alkanes) is 15. The highest BCUT2D eigenvalue weighted by Crippen LogP contribution is 2.30. The summed E-state index contributed by atoms with van der Waals surface area (Å²) in [6, 6.07) is 0. The molecule has 0 radical (unpaired) electrons. The van der Waals surface area contributed by atoms with Gasteiger partial charge in [-0.05, 0) is 6.42 Å². The van der Waals surface area contributed by atoms with E-state index < -0.39 is 54.6 Å². The first-order valence-corrected chi connectivity index (χ1v) is 16.1. The molecule has 0 aromatic rings. The zero-order valence-corrected chi connectivity index (χ0v) is 26.7. The Morgan fingerprint density at radius 1 is 0.524 bits per heavy atom. The van der Waals surface area contributed by atoms with Crippen LogP contribution in [0.2, 0.25) is 0 Å². The number of hydrogen-bond donors (Lipinski definition) is 0. The lowest BCUT2D eigenvalue weighted by atomic mass is 9.98. The molecule has 0 spiro atoms. The molecule has 1 fully saturated rings. The maximum absolute atomic E-state index is 11.9. The van der Waals surface area contributed by atoms with E-state index in [4.69, 9.17) is 28.4 Å². The van der Waals surface area contributed by atoms with Gasteiger partial charge in [-0.2, -0.15) is 0 Å². The van der Waals surface area contributed by atoms with E-state index in [0.717, 1.165) is 19.3 Å². The maximum atomic E-state index is 11.9. The molecule has 1 unspecified atom stereocenters. The highest BCUT2D eigenvalue weighted by molar-refractivity contribution is 5.68.